The van der Waals surface area contributed by atoms with Crippen LogP contribution >= 0.6 is 0 Å². The predicted molar refractivity (Wildman–Crippen MR) is 121 cm³/mol. The lowest BCUT2D eigenvalue weighted by atomic mass is 10.1. The highest BCUT2D eigenvalue weighted by Gasteiger charge is 2.17. The number of hydrogen-bond donors (Lipinski definition) is 1. The van der Waals surface area contributed by atoms with E-state index in [0.29, 0.717) is 24.5 Å². The Balaban J connectivity index is 1.65. The lowest BCUT2D eigenvalue weighted by Crippen LogP contribution is -2.35. The second kappa shape index (κ2) is 10.8. The fourth-order valence-corrected chi connectivity index (χ4v) is 3.46. The van der Waals surface area contributed by atoms with Crippen LogP contribution in [0.25, 0.3) is 6.08 Å². The average molecular weight is 410 g/mol. The van der Waals surface area contributed by atoms with Gasteiger partial charge in [-0.2, -0.15) is 0 Å². The maximum absolute atomic E-state index is 12.6. The summed E-state index contributed by atoms with van der Waals surface area (Å²) < 4.78 is 11.4. The number of allylic oxidation sites excluding steroid dienone is 1. The molecule has 3 rings (SSSR count). The number of anilines is 1. The van der Waals surface area contributed by atoms with Gasteiger partial charge >= 0.3 is 0 Å². The van der Waals surface area contributed by atoms with E-state index in [-0.39, 0.29) is 11.9 Å². The van der Waals surface area contributed by atoms with E-state index in [1.54, 1.807) is 12.2 Å². The minimum absolute atomic E-state index is 0.0418. The summed E-state index contributed by atoms with van der Waals surface area (Å²) in [6, 6.07) is 13.4. The molecule has 0 spiro atoms. The Hall–Kier alpha value is -2.79. The Bertz CT molecular complexity index is 852. The molecule has 1 heterocycles. The monoisotopic (exact) mass is 409 g/mol. The summed E-state index contributed by atoms with van der Waals surface area (Å²) in [6.45, 7) is 6.87. The van der Waals surface area contributed by atoms with Crippen LogP contribution in [-0.4, -0.2) is 43.3 Å². The molecule has 160 valence electrons. The van der Waals surface area contributed by atoms with Crippen LogP contribution < -0.4 is 14.4 Å². The molecule has 1 saturated heterocycles. The number of ketones is 1. The molecule has 1 aliphatic heterocycles. The zero-order valence-corrected chi connectivity index (χ0v) is 17.8. The van der Waals surface area contributed by atoms with E-state index in [2.05, 4.69) is 11.8 Å². The van der Waals surface area contributed by atoms with E-state index >= 15 is 0 Å². The molecule has 0 unspecified atom stereocenters. The molecule has 5 nitrogen and oxygen atoms in total. The first-order chi connectivity index (χ1) is 14.6. The molecule has 5 heteroatoms. The molecule has 1 aliphatic rings. The van der Waals surface area contributed by atoms with Gasteiger partial charge in [-0.15, -0.1) is 0 Å². The summed E-state index contributed by atoms with van der Waals surface area (Å²) in [5.74, 6) is 1.37. The van der Waals surface area contributed by atoms with Crippen LogP contribution in [0.3, 0.4) is 0 Å². The first kappa shape index (κ1) is 21.9. The Morgan fingerprint density at radius 2 is 1.80 bits per heavy atom. The van der Waals surface area contributed by atoms with Crippen LogP contribution in [0.2, 0.25) is 0 Å². The molecule has 30 heavy (non-hydrogen) atoms. The molecule has 2 aromatic rings. The summed E-state index contributed by atoms with van der Waals surface area (Å²) >= 11 is 0. The molecule has 0 aliphatic carbocycles. The molecule has 0 saturated carbocycles. The number of nitrogens with zero attached hydrogens (tertiary/aromatic N) is 1. The van der Waals surface area contributed by atoms with Crippen LogP contribution in [0.15, 0.2) is 48.5 Å². The topological polar surface area (TPSA) is 59.0 Å². The van der Waals surface area contributed by atoms with Gasteiger partial charge in [0.05, 0.1) is 19.3 Å². The van der Waals surface area contributed by atoms with E-state index in [9.17, 15) is 9.90 Å². The molecule has 2 aromatic carbocycles. The molecule has 0 aromatic heterocycles. The number of benzene rings is 2. The predicted octanol–water partition coefficient (Wildman–Crippen LogP) is 4.73. The standard InChI is InChI=1S/C25H31NO4/c1-3-17-30-24-12-6-19(18-25(24)29-4-2)5-11-23(28)20-7-9-21(10-8-20)26-15-13-22(27)14-16-26/h5-12,18,22,27H,3-4,13-17H2,1-2H3. The van der Waals surface area contributed by atoms with Crippen LogP contribution in [0.1, 0.15) is 49.0 Å². The smallest absolute Gasteiger partial charge is 0.185 e. The van der Waals surface area contributed by atoms with Crippen molar-refractivity contribution in [1.82, 2.24) is 0 Å². The summed E-state index contributed by atoms with van der Waals surface area (Å²) in [6.07, 6.45) is 5.70. The molecule has 0 amide bonds. The van der Waals surface area contributed by atoms with Crippen molar-refractivity contribution < 1.29 is 19.4 Å². The van der Waals surface area contributed by atoms with E-state index in [0.717, 1.165) is 49.4 Å². The fraction of sp³-hybridized carbons (Fsp3) is 0.400. The van der Waals surface area contributed by atoms with Crippen molar-refractivity contribution in [3.63, 3.8) is 0 Å². The second-order valence-electron chi connectivity index (χ2n) is 7.45. The van der Waals surface area contributed by atoms with Gasteiger partial charge in [0.25, 0.3) is 0 Å². The van der Waals surface area contributed by atoms with Gasteiger partial charge in [0.1, 0.15) is 0 Å². The number of hydrogen-bond acceptors (Lipinski definition) is 5. The van der Waals surface area contributed by atoms with Gasteiger partial charge in [-0.3, -0.25) is 4.79 Å². The van der Waals surface area contributed by atoms with E-state index in [1.807, 2.05) is 49.4 Å². The van der Waals surface area contributed by atoms with Crippen LogP contribution in [-0.2, 0) is 0 Å². The summed E-state index contributed by atoms with van der Waals surface area (Å²) in [5, 5.41) is 9.65. The third-order valence-electron chi connectivity index (χ3n) is 5.14. The number of piperidine rings is 1. The lowest BCUT2D eigenvalue weighted by molar-refractivity contribution is 0.104. The van der Waals surface area contributed by atoms with Gasteiger partial charge in [-0.05, 0) is 74.2 Å². The SMILES string of the molecule is CCCOc1ccc(C=CC(=O)c2ccc(N3CCC(O)CC3)cc2)cc1OCC. The highest BCUT2D eigenvalue weighted by Crippen LogP contribution is 2.29. The van der Waals surface area contributed by atoms with Crippen molar-refractivity contribution in [3.8, 4) is 11.5 Å². The van der Waals surface area contributed by atoms with Gasteiger partial charge in [0, 0.05) is 24.3 Å². The molecule has 0 atom stereocenters. The van der Waals surface area contributed by atoms with Crippen LogP contribution in [0.5, 0.6) is 11.5 Å². The Kier molecular flexibility index (Phi) is 7.91. The van der Waals surface area contributed by atoms with Gasteiger partial charge in [0.2, 0.25) is 0 Å². The number of carbonyl (C=O) groups is 1. The molecule has 1 fully saturated rings. The Labute approximate surface area is 178 Å². The fourth-order valence-electron chi connectivity index (χ4n) is 3.46. The van der Waals surface area contributed by atoms with Gasteiger partial charge in [-0.25, -0.2) is 0 Å². The third kappa shape index (κ3) is 5.86. The number of carbonyl (C=O) groups excluding carboxylic acids is 1. The van der Waals surface area contributed by atoms with E-state index in [1.165, 1.54) is 0 Å². The van der Waals surface area contributed by atoms with Crippen molar-refractivity contribution in [2.75, 3.05) is 31.2 Å². The van der Waals surface area contributed by atoms with Crippen LogP contribution in [0, 0.1) is 0 Å². The Morgan fingerprint density at radius 1 is 1.07 bits per heavy atom. The lowest BCUT2D eigenvalue weighted by Gasteiger charge is -2.31. The number of rotatable bonds is 9. The van der Waals surface area contributed by atoms with Crippen molar-refractivity contribution in [2.24, 2.45) is 0 Å². The normalized spacial score (nSPS) is 14.8. The average Bonchev–Trinajstić information content (AvgIpc) is 2.77. The first-order valence-electron chi connectivity index (χ1n) is 10.8. The summed E-state index contributed by atoms with van der Waals surface area (Å²) in [7, 11) is 0. The van der Waals surface area contributed by atoms with Gasteiger partial charge in [-0.1, -0.05) is 19.1 Å². The molecule has 1 N–H and O–H groups in total. The maximum Gasteiger partial charge on any atom is 0.185 e. The zero-order valence-electron chi connectivity index (χ0n) is 17.8. The maximum atomic E-state index is 12.6. The number of ether oxygens (including phenoxy) is 2. The van der Waals surface area contributed by atoms with E-state index in [4.69, 9.17) is 9.47 Å². The number of aliphatic hydroxyl groups excluding tert-OH is 1. The largest absolute Gasteiger partial charge is 0.490 e. The van der Waals surface area contributed by atoms with Crippen molar-refractivity contribution in [2.45, 2.75) is 39.2 Å². The van der Waals surface area contributed by atoms with Crippen molar-refractivity contribution >= 4 is 17.5 Å². The molecular formula is C25H31NO4. The first-order valence-corrected chi connectivity index (χ1v) is 10.8. The minimum atomic E-state index is -0.192. The Morgan fingerprint density at radius 3 is 2.47 bits per heavy atom. The van der Waals surface area contributed by atoms with Crippen molar-refractivity contribution in [1.29, 1.82) is 0 Å². The summed E-state index contributed by atoms with van der Waals surface area (Å²) in [4.78, 5) is 14.8. The second-order valence-corrected chi connectivity index (χ2v) is 7.45. The van der Waals surface area contributed by atoms with Crippen LogP contribution in [0.4, 0.5) is 5.69 Å². The van der Waals surface area contributed by atoms with Gasteiger partial charge in [0.15, 0.2) is 17.3 Å². The number of aliphatic hydroxyl groups is 1. The summed E-state index contributed by atoms with van der Waals surface area (Å²) in [5.41, 5.74) is 2.63. The molecular weight excluding hydrogens is 378 g/mol. The molecule has 0 radical (unpaired) electrons. The zero-order chi connectivity index (χ0) is 21.3. The molecule has 0 bridgehead atoms. The van der Waals surface area contributed by atoms with E-state index < -0.39 is 0 Å². The van der Waals surface area contributed by atoms with Crippen molar-refractivity contribution in [3.05, 3.63) is 59.7 Å². The quantitative estimate of drug-likeness (QED) is 0.479. The minimum Gasteiger partial charge on any atom is -0.490 e. The third-order valence-corrected chi connectivity index (χ3v) is 5.14. The highest BCUT2D eigenvalue weighted by molar-refractivity contribution is 6.07. The van der Waals surface area contributed by atoms with Gasteiger partial charge < -0.3 is 19.5 Å². The highest BCUT2D eigenvalue weighted by atomic mass is 16.5.